The summed E-state index contributed by atoms with van der Waals surface area (Å²) < 4.78 is 20.4. The van der Waals surface area contributed by atoms with Crippen LogP contribution in [0.1, 0.15) is 5.82 Å². The first kappa shape index (κ1) is 21.7. The minimum Gasteiger partial charge on any atom is -0.484 e. The van der Waals surface area contributed by atoms with Crippen LogP contribution in [0.25, 0.3) is 0 Å². The highest BCUT2D eigenvalue weighted by molar-refractivity contribution is 7.99. The van der Waals surface area contributed by atoms with Crippen molar-refractivity contribution in [1.82, 2.24) is 14.8 Å². The maximum Gasteiger partial charge on any atom is 0.234 e. The Morgan fingerprint density at radius 2 is 1.93 bits per heavy atom. The third kappa shape index (κ3) is 5.76. The minimum atomic E-state index is -0.446. The number of amides is 1. The zero-order valence-electron chi connectivity index (χ0n) is 15.0. The molecule has 1 heterocycles. The summed E-state index contributed by atoms with van der Waals surface area (Å²) in [6.45, 7) is 0.0882. The fourth-order valence-electron chi connectivity index (χ4n) is 2.23. The van der Waals surface area contributed by atoms with E-state index in [1.165, 1.54) is 30.0 Å². The molecule has 0 saturated heterocycles. The van der Waals surface area contributed by atoms with Crippen LogP contribution in [0.3, 0.4) is 0 Å². The van der Waals surface area contributed by atoms with Gasteiger partial charge in [-0.25, -0.2) is 4.39 Å². The summed E-state index contributed by atoms with van der Waals surface area (Å²) in [6.07, 6.45) is 0. The van der Waals surface area contributed by atoms with Crippen LogP contribution in [0.2, 0.25) is 15.1 Å². The van der Waals surface area contributed by atoms with E-state index in [1.807, 2.05) is 0 Å². The fourth-order valence-corrected chi connectivity index (χ4v) is 3.48. The number of halogens is 4. The number of hydrogen-bond donors (Lipinski definition) is 1. The summed E-state index contributed by atoms with van der Waals surface area (Å²) in [4.78, 5) is 12.1. The smallest absolute Gasteiger partial charge is 0.234 e. The Balaban J connectivity index is 1.55. The average Bonchev–Trinajstić information content (AvgIpc) is 3.02. The number of ether oxygens (including phenoxy) is 1. The molecule has 0 unspecified atom stereocenters. The number of carbonyl (C=O) groups is 1. The van der Waals surface area contributed by atoms with Gasteiger partial charge in [-0.3, -0.25) is 4.79 Å². The van der Waals surface area contributed by atoms with Crippen LogP contribution in [0.15, 0.2) is 41.6 Å². The van der Waals surface area contributed by atoms with E-state index in [4.69, 9.17) is 39.5 Å². The van der Waals surface area contributed by atoms with Crippen LogP contribution < -0.4 is 10.1 Å². The molecule has 6 nitrogen and oxygen atoms in total. The van der Waals surface area contributed by atoms with Crippen LogP contribution in [-0.2, 0) is 18.4 Å². The standard InChI is InChI=1S/C18H14Cl3FN4O2S/c1-26-16(8-28-15-5-2-10(22)6-14(15)21)24-25-18(26)29-9-17(27)23-11-3-4-12(19)13(20)7-11/h2-7H,8-9H2,1H3,(H,23,27). The topological polar surface area (TPSA) is 69.0 Å². The van der Waals surface area contributed by atoms with Gasteiger partial charge in [0.15, 0.2) is 11.0 Å². The fraction of sp³-hybridized carbons (Fsp3) is 0.167. The summed E-state index contributed by atoms with van der Waals surface area (Å²) in [5.41, 5.74) is 0.549. The van der Waals surface area contributed by atoms with Crippen molar-refractivity contribution in [1.29, 1.82) is 0 Å². The van der Waals surface area contributed by atoms with Gasteiger partial charge in [-0.2, -0.15) is 0 Å². The van der Waals surface area contributed by atoms with Gasteiger partial charge in [-0.05, 0) is 36.4 Å². The molecule has 1 aromatic heterocycles. The van der Waals surface area contributed by atoms with E-state index >= 15 is 0 Å². The molecular formula is C18H14Cl3FN4O2S. The molecule has 0 atom stereocenters. The van der Waals surface area contributed by atoms with Gasteiger partial charge in [-0.1, -0.05) is 46.6 Å². The SMILES string of the molecule is Cn1c(COc2ccc(F)cc2Cl)nnc1SCC(=O)Nc1ccc(Cl)c(Cl)c1. The van der Waals surface area contributed by atoms with E-state index in [1.54, 1.807) is 29.8 Å². The van der Waals surface area contributed by atoms with Crippen molar-refractivity contribution in [2.24, 2.45) is 7.05 Å². The third-order valence-corrected chi connectivity index (χ3v) is 5.77. The summed E-state index contributed by atoms with van der Waals surface area (Å²) in [7, 11) is 1.75. The molecule has 2 aromatic carbocycles. The molecule has 0 radical (unpaired) electrons. The van der Waals surface area contributed by atoms with Crippen molar-refractivity contribution in [2.45, 2.75) is 11.8 Å². The Labute approximate surface area is 185 Å². The average molecular weight is 476 g/mol. The van der Waals surface area contributed by atoms with Gasteiger partial charge in [0.05, 0.1) is 20.8 Å². The number of anilines is 1. The second-order valence-corrected chi connectivity index (χ2v) is 7.95. The van der Waals surface area contributed by atoms with Crippen molar-refractivity contribution < 1.29 is 13.9 Å². The van der Waals surface area contributed by atoms with E-state index in [-0.39, 0.29) is 23.3 Å². The first-order valence-electron chi connectivity index (χ1n) is 8.17. The molecular weight excluding hydrogens is 462 g/mol. The van der Waals surface area contributed by atoms with Gasteiger partial charge in [0.25, 0.3) is 0 Å². The van der Waals surface area contributed by atoms with E-state index in [0.717, 1.165) is 0 Å². The summed E-state index contributed by atoms with van der Waals surface area (Å²) in [6, 6.07) is 8.71. The maximum absolute atomic E-state index is 13.1. The first-order chi connectivity index (χ1) is 13.8. The lowest BCUT2D eigenvalue weighted by molar-refractivity contribution is -0.113. The number of hydrogen-bond acceptors (Lipinski definition) is 5. The van der Waals surface area contributed by atoms with E-state index in [0.29, 0.717) is 32.5 Å². The summed E-state index contributed by atoms with van der Waals surface area (Å²) >= 11 is 18.9. The van der Waals surface area contributed by atoms with Crippen LogP contribution in [-0.4, -0.2) is 26.4 Å². The molecule has 0 saturated carbocycles. The van der Waals surface area contributed by atoms with Crippen molar-refractivity contribution >= 4 is 58.2 Å². The molecule has 1 amide bonds. The highest BCUT2D eigenvalue weighted by Crippen LogP contribution is 2.27. The highest BCUT2D eigenvalue weighted by atomic mass is 35.5. The molecule has 29 heavy (non-hydrogen) atoms. The molecule has 0 aliphatic carbocycles. The molecule has 0 fully saturated rings. The molecule has 0 spiro atoms. The van der Waals surface area contributed by atoms with Crippen molar-refractivity contribution in [2.75, 3.05) is 11.1 Å². The monoisotopic (exact) mass is 474 g/mol. The van der Waals surface area contributed by atoms with Gasteiger partial charge in [-0.15, -0.1) is 10.2 Å². The quantitative estimate of drug-likeness (QED) is 0.474. The van der Waals surface area contributed by atoms with Gasteiger partial charge in [0.2, 0.25) is 5.91 Å². The number of benzene rings is 2. The number of thioether (sulfide) groups is 1. The van der Waals surface area contributed by atoms with E-state index in [9.17, 15) is 9.18 Å². The molecule has 152 valence electrons. The van der Waals surface area contributed by atoms with Gasteiger partial charge < -0.3 is 14.6 Å². The molecule has 0 bridgehead atoms. The lowest BCUT2D eigenvalue weighted by atomic mass is 10.3. The highest BCUT2D eigenvalue weighted by Gasteiger charge is 2.13. The summed E-state index contributed by atoms with van der Waals surface area (Å²) in [5.74, 6) is 0.312. The molecule has 1 N–H and O–H groups in total. The molecule has 0 aliphatic heterocycles. The van der Waals surface area contributed by atoms with Crippen LogP contribution in [0.4, 0.5) is 10.1 Å². The van der Waals surface area contributed by atoms with E-state index < -0.39 is 5.82 Å². The van der Waals surface area contributed by atoms with Gasteiger partial charge >= 0.3 is 0 Å². The second kappa shape index (κ2) is 9.67. The van der Waals surface area contributed by atoms with E-state index in [2.05, 4.69) is 15.5 Å². The number of nitrogens with one attached hydrogen (secondary N) is 1. The van der Waals surface area contributed by atoms with Crippen molar-refractivity contribution in [3.8, 4) is 5.75 Å². The molecule has 3 rings (SSSR count). The largest absolute Gasteiger partial charge is 0.484 e. The van der Waals surface area contributed by atoms with Crippen LogP contribution in [0, 0.1) is 5.82 Å². The number of carbonyl (C=O) groups excluding carboxylic acids is 1. The van der Waals surface area contributed by atoms with Crippen LogP contribution >= 0.6 is 46.6 Å². The normalized spacial score (nSPS) is 10.8. The Bertz CT molecular complexity index is 1050. The van der Waals surface area contributed by atoms with Crippen molar-refractivity contribution in [3.63, 3.8) is 0 Å². The Hall–Kier alpha value is -2.00. The van der Waals surface area contributed by atoms with Gasteiger partial charge in [0.1, 0.15) is 18.2 Å². The third-order valence-electron chi connectivity index (χ3n) is 3.71. The summed E-state index contributed by atoms with van der Waals surface area (Å²) in [5, 5.41) is 12.3. The number of rotatable bonds is 7. The Kier molecular flexibility index (Phi) is 7.23. The van der Waals surface area contributed by atoms with Gasteiger partial charge in [0, 0.05) is 12.7 Å². The predicted octanol–water partition coefficient (Wildman–Crippen LogP) is 5.22. The minimum absolute atomic E-state index is 0.0882. The Morgan fingerprint density at radius 1 is 1.14 bits per heavy atom. The first-order valence-corrected chi connectivity index (χ1v) is 10.3. The molecule has 0 aliphatic rings. The second-order valence-electron chi connectivity index (χ2n) is 5.79. The zero-order valence-corrected chi connectivity index (χ0v) is 18.0. The molecule has 11 heteroatoms. The zero-order chi connectivity index (χ0) is 21.0. The lowest BCUT2D eigenvalue weighted by Crippen LogP contribution is -2.14. The predicted molar refractivity (Wildman–Crippen MR) is 113 cm³/mol. The maximum atomic E-state index is 13.1. The lowest BCUT2D eigenvalue weighted by Gasteiger charge is -2.08. The van der Waals surface area contributed by atoms with Crippen LogP contribution in [0.5, 0.6) is 5.75 Å². The molecule has 3 aromatic rings. The Morgan fingerprint density at radius 3 is 2.66 bits per heavy atom. The number of nitrogens with zero attached hydrogens (tertiary/aromatic N) is 3. The number of aromatic nitrogens is 3. The van der Waals surface area contributed by atoms with Crippen molar-refractivity contribution in [3.05, 3.63) is 63.1 Å².